The predicted molar refractivity (Wildman–Crippen MR) is 166 cm³/mol. The molecule has 0 saturated carbocycles. The molecule has 3 aromatic carbocycles. The van der Waals surface area contributed by atoms with E-state index in [1.165, 1.54) is 11.6 Å². The van der Waals surface area contributed by atoms with E-state index in [9.17, 15) is 4.79 Å². The molecule has 0 radical (unpaired) electrons. The van der Waals surface area contributed by atoms with Crippen molar-refractivity contribution < 1.29 is 13.6 Å². The summed E-state index contributed by atoms with van der Waals surface area (Å²) >= 11 is 17.5. The molecule has 0 atom stereocenters. The molecule has 2 N–H and O–H groups in total. The van der Waals surface area contributed by atoms with Gasteiger partial charge in [-0.1, -0.05) is 56.1 Å². The van der Waals surface area contributed by atoms with Gasteiger partial charge in [0.15, 0.2) is 10.7 Å². The van der Waals surface area contributed by atoms with Crippen molar-refractivity contribution in [1.29, 1.82) is 0 Å². The van der Waals surface area contributed by atoms with E-state index >= 15 is 0 Å². The van der Waals surface area contributed by atoms with Crippen LogP contribution < -0.4 is 10.6 Å². The maximum atomic E-state index is 12.4. The van der Waals surface area contributed by atoms with Crippen LogP contribution in [0, 0.1) is 0 Å². The van der Waals surface area contributed by atoms with Crippen molar-refractivity contribution in [2.75, 3.05) is 5.32 Å². The molecular formula is C31H25Cl2N3O3S. The number of aromatic nitrogens is 1. The summed E-state index contributed by atoms with van der Waals surface area (Å²) in [7, 11) is 0. The lowest BCUT2D eigenvalue weighted by molar-refractivity contribution is -0.115. The molecule has 0 aliphatic heterocycles. The van der Waals surface area contributed by atoms with Gasteiger partial charge in [0.2, 0.25) is 11.8 Å². The van der Waals surface area contributed by atoms with E-state index in [1.54, 1.807) is 42.5 Å². The number of furan rings is 1. The Bertz CT molecular complexity index is 1730. The zero-order valence-electron chi connectivity index (χ0n) is 21.9. The molecule has 202 valence electrons. The van der Waals surface area contributed by atoms with Crippen LogP contribution >= 0.6 is 35.4 Å². The van der Waals surface area contributed by atoms with Gasteiger partial charge in [0, 0.05) is 32.9 Å². The Morgan fingerprint density at radius 2 is 1.62 bits per heavy atom. The fourth-order valence-corrected chi connectivity index (χ4v) is 4.75. The maximum Gasteiger partial charge on any atom is 0.250 e. The summed E-state index contributed by atoms with van der Waals surface area (Å²) in [5, 5.41) is 6.78. The van der Waals surface area contributed by atoms with E-state index in [0.717, 1.165) is 11.1 Å². The fraction of sp³-hybridized carbons (Fsp3) is 0.129. The number of benzene rings is 3. The second-order valence-electron chi connectivity index (χ2n) is 10.2. The van der Waals surface area contributed by atoms with Crippen LogP contribution in [-0.2, 0) is 10.2 Å². The molecule has 9 heteroatoms. The monoisotopic (exact) mass is 589 g/mol. The van der Waals surface area contributed by atoms with Gasteiger partial charge in [-0.2, -0.15) is 0 Å². The highest BCUT2D eigenvalue weighted by Crippen LogP contribution is 2.30. The number of rotatable bonds is 5. The van der Waals surface area contributed by atoms with Crippen LogP contribution in [-0.4, -0.2) is 16.0 Å². The topological polar surface area (TPSA) is 80.3 Å². The molecule has 2 heterocycles. The molecule has 0 fully saturated rings. The molecule has 0 spiro atoms. The van der Waals surface area contributed by atoms with E-state index in [4.69, 9.17) is 44.3 Å². The summed E-state index contributed by atoms with van der Waals surface area (Å²) in [6.07, 6.45) is 2.88. The highest BCUT2D eigenvalue weighted by atomic mass is 35.5. The van der Waals surface area contributed by atoms with Crippen LogP contribution in [0.15, 0.2) is 87.7 Å². The number of carbonyl (C=O) groups is 1. The van der Waals surface area contributed by atoms with Gasteiger partial charge >= 0.3 is 0 Å². The quantitative estimate of drug-likeness (QED) is 0.157. The summed E-state index contributed by atoms with van der Waals surface area (Å²) in [4.78, 5) is 17.0. The third kappa shape index (κ3) is 6.62. The summed E-state index contributed by atoms with van der Waals surface area (Å²) in [6.45, 7) is 6.52. The number of hydrogen-bond donors (Lipinski definition) is 2. The summed E-state index contributed by atoms with van der Waals surface area (Å²) in [5.41, 5.74) is 4.93. The number of thiocarbonyl (C=S) groups is 1. The van der Waals surface area contributed by atoms with Crippen molar-refractivity contribution >= 4 is 69.3 Å². The Morgan fingerprint density at radius 3 is 2.33 bits per heavy atom. The van der Waals surface area contributed by atoms with Crippen LogP contribution in [0.5, 0.6) is 0 Å². The maximum absolute atomic E-state index is 12.4. The van der Waals surface area contributed by atoms with Crippen LogP contribution in [0.3, 0.4) is 0 Å². The van der Waals surface area contributed by atoms with Gasteiger partial charge in [-0.25, -0.2) is 4.98 Å². The van der Waals surface area contributed by atoms with Crippen LogP contribution in [0.4, 0.5) is 5.69 Å². The number of oxazole rings is 1. The first kappa shape index (κ1) is 27.6. The SMILES string of the molecule is CC(C)(C)c1ccc(-c2nc3cc(NC(=S)NC(=O)/C=C/c4ccc(-c5cc(Cl)cc(Cl)c5)o4)ccc3o2)cc1. The number of carbonyl (C=O) groups excluding carboxylic acids is 1. The minimum Gasteiger partial charge on any atom is -0.457 e. The number of hydrogen-bond acceptors (Lipinski definition) is 5. The van der Waals surface area contributed by atoms with E-state index in [0.29, 0.717) is 44.2 Å². The van der Waals surface area contributed by atoms with E-state index < -0.39 is 5.91 Å². The first-order valence-corrected chi connectivity index (χ1v) is 13.6. The zero-order valence-corrected chi connectivity index (χ0v) is 24.2. The van der Waals surface area contributed by atoms with Crippen molar-refractivity contribution in [3.63, 3.8) is 0 Å². The van der Waals surface area contributed by atoms with Gasteiger partial charge in [-0.3, -0.25) is 10.1 Å². The second-order valence-corrected chi connectivity index (χ2v) is 11.4. The zero-order chi connectivity index (χ0) is 28.4. The number of nitrogens with zero attached hydrogens (tertiary/aromatic N) is 1. The van der Waals surface area contributed by atoms with E-state index in [-0.39, 0.29) is 10.5 Å². The molecule has 1 amide bonds. The Morgan fingerprint density at radius 1 is 0.900 bits per heavy atom. The van der Waals surface area contributed by atoms with Crippen LogP contribution in [0.25, 0.3) is 40.0 Å². The van der Waals surface area contributed by atoms with Gasteiger partial charge in [0.1, 0.15) is 17.0 Å². The largest absolute Gasteiger partial charge is 0.457 e. The molecule has 0 bridgehead atoms. The normalized spacial score (nSPS) is 11.7. The van der Waals surface area contributed by atoms with Gasteiger partial charge < -0.3 is 14.2 Å². The number of nitrogens with one attached hydrogen (secondary N) is 2. The number of halogens is 2. The highest BCUT2D eigenvalue weighted by Gasteiger charge is 2.15. The molecule has 0 aliphatic rings. The minimum atomic E-state index is -0.412. The van der Waals surface area contributed by atoms with E-state index in [1.807, 2.05) is 24.3 Å². The van der Waals surface area contributed by atoms with Gasteiger partial charge in [-0.15, -0.1) is 0 Å². The Balaban J connectivity index is 1.20. The van der Waals surface area contributed by atoms with Crippen LogP contribution in [0.1, 0.15) is 32.1 Å². The third-order valence-electron chi connectivity index (χ3n) is 6.05. The number of amides is 1. The van der Waals surface area contributed by atoms with E-state index in [2.05, 4.69) is 48.5 Å². The molecule has 0 saturated heterocycles. The average molecular weight is 591 g/mol. The van der Waals surface area contributed by atoms with Gasteiger partial charge in [0.05, 0.1) is 0 Å². The van der Waals surface area contributed by atoms with Crippen molar-refractivity contribution in [2.45, 2.75) is 26.2 Å². The highest BCUT2D eigenvalue weighted by molar-refractivity contribution is 7.80. The van der Waals surface area contributed by atoms with Crippen molar-refractivity contribution in [2.24, 2.45) is 0 Å². The van der Waals surface area contributed by atoms with Crippen molar-refractivity contribution in [3.8, 4) is 22.8 Å². The lowest BCUT2D eigenvalue weighted by Gasteiger charge is -2.18. The fourth-order valence-electron chi connectivity index (χ4n) is 4.01. The number of fused-ring (bicyclic) bond motifs is 1. The molecule has 0 unspecified atom stereocenters. The molecule has 2 aromatic heterocycles. The molecule has 0 aliphatic carbocycles. The molecule has 40 heavy (non-hydrogen) atoms. The third-order valence-corrected chi connectivity index (χ3v) is 6.69. The van der Waals surface area contributed by atoms with Gasteiger partial charge in [-0.05, 0) is 89.9 Å². The second kappa shape index (κ2) is 11.3. The lowest BCUT2D eigenvalue weighted by atomic mass is 9.87. The Kier molecular flexibility index (Phi) is 7.81. The summed E-state index contributed by atoms with van der Waals surface area (Å²) < 4.78 is 11.7. The first-order valence-electron chi connectivity index (χ1n) is 12.4. The molecule has 5 rings (SSSR count). The molecular weight excluding hydrogens is 565 g/mol. The Hall–Kier alpha value is -3.91. The minimum absolute atomic E-state index is 0.0686. The lowest BCUT2D eigenvalue weighted by Crippen LogP contribution is -2.32. The van der Waals surface area contributed by atoms with Crippen LogP contribution in [0.2, 0.25) is 10.0 Å². The smallest absolute Gasteiger partial charge is 0.250 e. The summed E-state index contributed by atoms with van der Waals surface area (Å²) in [5.74, 6) is 1.19. The van der Waals surface area contributed by atoms with Crippen molar-refractivity contribution in [3.05, 3.63) is 100 Å². The predicted octanol–water partition coefficient (Wildman–Crippen LogP) is 8.89. The summed E-state index contributed by atoms with van der Waals surface area (Å²) in [6, 6.07) is 22.3. The Labute approximate surface area is 247 Å². The van der Waals surface area contributed by atoms with Gasteiger partial charge in [0.25, 0.3) is 0 Å². The number of anilines is 1. The standard InChI is InChI=1S/C31H25Cl2N3O3S/c1-31(2,3)20-6-4-18(5-7-20)29-35-25-17-23(8-11-27(25)39-29)34-30(40)36-28(37)13-10-24-9-12-26(38-24)19-14-21(32)16-22(33)15-19/h4-17H,1-3H3,(H2,34,36,37,40)/b13-10+. The molecule has 5 aromatic rings. The average Bonchev–Trinajstić information content (AvgIpc) is 3.53. The van der Waals surface area contributed by atoms with Crippen molar-refractivity contribution in [1.82, 2.24) is 10.3 Å². The first-order chi connectivity index (χ1) is 19.0. The molecule has 6 nitrogen and oxygen atoms in total.